The van der Waals surface area contributed by atoms with Gasteiger partial charge in [-0.2, -0.15) is 0 Å². The van der Waals surface area contributed by atoms with Crippen LogP contribution >= 0.6 is 0 Å². The van der Waals surface area contributed by atoms with E-state index < -0.39 is 0 Å². The van der Waals surface area contributed by atoms with Crippen molar-refractivity contribution in [2.75, 3.05) is 18.4 Å². The highest BCUT2D eigenvalue weighted by molar-refractivity contribution is 5.57. The zero-order valence-electron chi connectivity index (χ0n) is 13.7. The van der Waals surface area contributed by atoms with Crippen LogP contribution in [0.2, 0.25) is 0 Å². The van der Waals surface area contributed by atoms with Gasteiger partial charge < -0.3 is 5.32 Å². The molecule has 0 aromatic heterocycles. The summed E-state index contributed by atoms with van der Waals surface area (Å²) < 4.78 is 0. The lowest BCUT2D eigenvalue weighted by molar-refractivity contribution is 0.179. The van der Waals surface area contributed by atoms with E-state index >= 15 is 0 Å². The van der Waals surface area contributed by atoms with Crippen molar-refractivity contribution in [1.29, 1.82) is 0 Å². The van der Waals surface area contributed by atoms with Gasteiger partial charge in [0.05, 0.1) is 0 Å². The summed E-state index contributed by atoms with van der Waals surface area (Å²) in [5.41, 5.74) is 4.36. The third kappa shape index (κ3) is 3.79. The predicted molar refractivity (Wildman–Crippen MR) is 90.8 cm³/mol. The molecule has 21 heavy (non-hydrogen) atoms. The van der Waals surface area contributed by atoms with Crippen LogP contribution in [0.5, 0.6) is 0 Å². The van der Waals surface area contributed by atoms with Crippen LogP contribution in [0.3, 0.4) is 0 Å². The molecule has 1 aliphatic heterocycles. The van der Waals surface area contributed by atoms with Crippen LogP contribution in [-0.4, -0.2) is 24.0 Å². The number of benzene rings is 1. The SMILES string of the molecule is CC(C)CCN(Cc1ccc2c(c1)NCC2)C1CCCC1. The van der Waals surface area contributed by atoms with Crippen LogP contribution in [0.4, 0.5) is 5.69 Å². The Kier molecular flexibility index (Phi) is 4.84. The fourth-order valence-electron chi connectivity index (χ4n) is 3.76. The summed E-state index contributed by atoms with van der Waals surface area (Å²) in [6.45, 7) is 8.18. The van der Waals surface area contributed by atoms with E-state index in [9.17, 15) is 0 Å². The van der Waals surface area contributed by atoms with Crippen LogP contribution < -0.4 is 5.32 Å². The van der Waals surface area contributed by atoms with E-state index in [2.05, 4.69) is 42.3 Å². The summed E-state index contributed by atoms with van der Waals surface area (Å²) in [6.07, 6.45) is 8.17. The molecule has 2 heteroatoms. The monoisotopic (exact) mass is 286 g/mol. The summed E-state index contributed by atoms with van der Waals surface area (Å²) in [5.74, 6) is 0.801. The van der Waals surface area contributed by atoms with E-state index in [-0.39, 0.29) is 0 Å². The molecule has 1 saturated carbocycles. The van der Waals surface area contributed by atoms with Crippen molar-refractivity contribution in [3.8, 4) is 0 Å². The first kappa shape index (κ1) is 14.9. The lowest BCUT2D eigenvalue weighted by Crippen LogP contribution is -2.34. The molecule has 1 heterocycles. The Bertz CT molecular complexity index is 461. The summed E-state index contributed by atoms with van der Waals surface area (Å²) >= 11 is 0. The minimum Gasteiger partial charge on any atom is -0.384 e. The van der Waals surface area contributed by atoms with E-state index in [1.54, 1.807) is 0 Å². The summed E-state index contributed by atoms with van der Waals surface area (Å²) in [7, 11) is 0. The molecule has 2 nitrogen and oxygen atoms in total. The van der Waals surface area contributed by atoms with E-state index in [4.69, 9.17) is 0 Å². The zero-order valence-corrected chi connectivity index (χ0v) is 13.7. The van der Waals surface area contributed by atoms with Crippen molar-refractivity contribution in [3.05, 3.63) is 29.3 Å². The lowest BCUT2D eigenvalue weighted by Gasteiger charge is -2.29. The van der Waals surface area contributed by atoms with Crippen LogP contribution in [0.25, 0.3) is 0 Å². The molecule has 0 unspecified atom stereocenters. The molecule has 0 spiro atoms. The molecular formula is C19H30N2. The number of nitrogens with one attached hydrogen (secondary N) is 1. The molecule has 1 N–H and O–H groups in total. The van der Waals surface area contributed by atoms with Crippen LogP contribution in [0.1, 0.15) is 57.1 Å². The quantitative estimate of drug-likeness (QED) is 0.831. The molecule has 0 atom stereocenters. The number of rotatable bonds is 6. The Morgan fingerprint density at radius 3 is 2.81 bits per heavy atom. The molecule has 1 aromatic carbocycles. The Labute approximate surface area is 129 Å². The fourth-order valence-corrected chi connectivity index (χ4v) is 3.76. The van der Waals surface area contributed by atoms with Crippen molar-refractivity contribution in [1.82, 2.24) is 4.90 Å². The Morgan fingerprint density at radius 2 is 2.05 bits per heavy atom. The maximum Gasteiger partial charge on any atom is 0.0376 e. The molecule has 3 rings (SSSR count). The average Bonchev–Trinajstić information content (AvgIpc) is 3.13. The van der Waals surface area contributed by atoms with Crippen LogP contribution in [-0.2, 0) is 13.0 Å². The maximum atomic E-state index is 3.52. The van der Waals surface area contributed by atoms with Gasteiger partial charge in [-0.1, -0.05) is 38.8 Å². The number of anilines is 1. The summed E-state index contributed by atoms with van der Waals surface area (Å²) in [6, 6.07) is 7.90. The van der Waals surface area contributed by atoms with Crippen molar-refractivity contribution in [2.24, 2.45) is 5.92 Å². The van der Waals surface area contributed by atoms with Gasteiger partial charge in [0.2, 0.25) is 0 Å². The average molecular weight is 286 g/mol. The van der Waals surface area contributed by atoms with Gasteiger partial charge in [0.25, 0.3) is 0 Å². The highest BCUT2D eigenvalue weighted by Gasteiger charge is 2.23. The lowest BCUT2D eigenvalue weighted by atomic mass is 10.1. The van der Waals surface area contributed by atoms with E-state index in [1.165, 1.54) is 61.9 Å². The van der Waals surface area contributed by atoms with E-state index in [1.807, 2.05) is 0 Å². The van der Waals surface area contributed by atoms with Crippen molar-refractivity contribution >= 4 is 5.69 Å². The molecule has 0 radical (unpaired) electrons. The molecule has 1 aromatic rings. The first-order valence-corrected chi connectivity index (χ1v) is 8.82. The molecule has 116 valence electrons. The van der Waals surface area contributed by atoms with Gasteiger partial charge in [0.15, 0.2) is 0 Å². The fraction of sp³-hybridized carbons (Fsp3) is 0.684. The molecule has 1 aliphatic carbocycles. The normalized spacial score (nSPS) is 18.5. The molecule has 2 aliphatic rings. The smallest absolute Gasteiger partial charge is 0.0376 e. The van der Waals surface area contributed by atoms with Gasteiger partial charge in [0.1, 0.15) is 0 Å². The third-order valence-corrected chi connectivity index (χ3v) is 5.10. The minimum atomic E-state index is 0.801. The minimum absolute atomic E-state index is 0.801. The highest BCUT2D eigenvalue weighted by Crippen LogP contribution is 2.28. The predicted octanol–water partition coefficient (Wildman–Crippen LogP) is 4.45. The van der Waals surface area contributed by atoms with E-state index in [0.717, 1.165) is 25.0 Å². The first-order valence-electron chi connectivity index (χ1n) is 8.82. The topological polar surface area (TPSA) is 15.3 Å². The standard InChI is InChI=1S/C19H30N2/c1-15(2)10-12-21(18-5-3-4-6-18)14-16-7-8-17-9-11-20-19(17)13-16/h7-8,13,15,18,20H,3-6,9-12,14H2,1-2H3. The molecular weight excluding hydrogens is 256 g/mol. The van der Waals surface area contributed by atoms with Gasteiger partial charge >= 0.3 is 0 Å². The maximum absolute atomic E-state index is 3.52. The van der Waals surface area contributed by atoms with Gasteiger partial charge in [-0.3, -0.25) is 4.90 Å². The molecule has 0 bridgehead atoms. The number of nitrogens with zero attached hydrogens (tertiary/aromatic N) is 1. The van der Waals surface area contributed by atoms with Crippen LogP contribution in [0.15, 0.2) is 18.2 Å². The zero-order chi connectivity index (χ0) is 14.7. The first-order chi connectivity index (χ1) is 10.2. The Hall–Kier alpha value is -1.02. The van der Waals surface area contributed by atoms with Gasteiger partial charge in [0, 0.05) is 24.8 Å². The van der Waals surface area contributed by atoms with Gasteiger partial charge in [-0.05, 0) is 55.3 Å². The summed E-state index contributed by atoms with van der Waals surface area (Å²) in [5, 5.41) is 3.52. The van der Waals surface area contributed by atoms with Crippen LogP contribution in [0, 0.1) is 5.92 Å². The Morgan fingerprint density at radius 1 is 1.24 bits per heavy atom. The molecule has 1 fully saturated rings. The van der Waals surface area contributed by atoms with Gasteiger partial charge in [-0.25, -0.2) is 0 Å². The number of fused-ring (bicyclic) bond motifs is 1. The second kappa shape index (κ2) is 6.83. The number of hydrogen-bond acceptors (Lipinski definition) is 2. The summed E-state index contributed by atoms with van der Waals surface area (Å²) in [4.78, 5) is 2.75. The highest BCUT2D eigenvalue weighted by atomic mass is 15.2. The van der Waals surface area contributed by atoms with Crippen molar-refractivity contribution < 1.29 is 0 Å². The largest absolute Gasteiger partial charge is 0.384 e. The van der Waals surface area contributed by atoms with E-state index in [0.29, 0.717) is 0 Å². The van der Waals surface area contributed by atoms with Crippen molar-refractivity contribution in [2.45, 2.75) is 65.0 Å². The number of hydrogen-bond donors (Lipinski definition) is 1. The molecule has 0 amide bonds. The van der Waals surface area contributed by atoms with Crippen molar-refractivity contribution in [3.63, 3.8) is 0 Å². The Balaban J connectivity index is 1.67. The second-order valence-electron chi connectivity index (χ2n) is 7.26. The molecule has 0 saturated heterocycles. The van der Waals surface area contributed by atoms with Gasteiger partial charge in [-0.15, -0.1) is 0 Å². The second-order valence-corrected chi connectivity index (χ2v) is 7.26. The third-order valence-electron chi connectivity index (χ3n) is 5.10.